The highest BCUT2D eigenvalue weighted by molar-refractivity contribution is 5.81. The molecule has 0 fully saturated rings. The molecule has 0 aliphatic rings. The van der Waals surface area contributed by atoms with E-state index in [1.807, 2.05) is 12.1 Å². The molecule has 0 bridgehead atoms. The Morgan fingerprint density at radius 2 is 1.70 bits per heavy atom. The minimum Gasteiger partial charge on any atom is -0.497 e. The van der Waals surface area contributed by atoms with Crippen LogP contribution >= 0.6 is 0 Å². The van der Waals surface area contributed by atoms with E-state index in [0.29, 0.717) is 17.9 Å². The molecule has 1 aromatic carbocycles. The molecule has 0 aliphatic heterocycles. The van der Waals surface area contributed by atoms with Crippen molar-refractivity contribution in [2.24, 2.45) is 5.73 Å². The van der Waals surface area contributed by atoms with E-state index >= 15 is 0 Å². The van der Waals surface area contributed by atoms with Crippen LogP contribution in [-0.2, 0) is 20.7 Å². The minimum atomic E-state index is -0.914. The van der Waals surface area contributed by atoms with Crippen LogP contribution in [0.3, 0.4) is 0 Å². The van der Waals surface area contributed by atoms with Crippen molar-refractivity contribution in [2.75, 3.05) is 14.2 Å². The number of aryl methyl sites for hydroxylation is 1. The molecule has 1 rings (SSSR count). The maximum atomic E-state index is 11.5. The lowest BCUT2D eigenvalue weighted by atomic mass is 10.1. The fourth-order valence-corrected chi connectivity index (χ4v) is 1.57. The molecular formula is C14H19NO5. The molecule has 20 heavy (non-hydrogen) atoms. The van der Waals surface area contributed by atoms with Gasteiger partial charge in [-0.15, -0.1) is 0 Å². The highest BCUT2D eigenvalue weighted by Gasteiger charge is 2.14. The molecule has 0 aliphatic carbocycles. The van der Waals surface area contributed by atoms with Crippen molar-refractivity contribution in [3.63, 3.8) is 0 Å². The van der Waals surface area contributed by atoms with Gasteiger partial charge in [-0.2, -0.15) is 0 Å². The van der Waals surface area contributed by atoms with Crippen molar-refractivity contribution >= 4 is 11.9 Å². The minimum absolute atomic E-state index is 0.147. The second kappa shape index (κ2) is 7.37. The number of hydrogen-bond acceptors (Lipinski definition) is 5. The predicted octanol–water partition coefficient (Wildman–Crippen LogP) is 1.05. The molecule has 2 N–H and O–H groups in total. The summed E-state index contributed by atoms with van der Waals surface area (Å²) in [6.07, 6.45) is -0.312. The normalized spacial score (nSPS) is 11.6. The number of nitrogens with two attached hydrogens (primary N) is 1. The summed E-state index contributed by atoms with van der Waals surface area (Å²) in [4.78, 5) is 22.3. The highest BCUT2D eigenvalue weighted by atomic mass is 16.5. The topological polar surface area (TPSA) is 87.9 Å². The van der Waals surface area contributed by atoms with E-state index in [4.69, 9.17) is 19.9 Å². The summed E-state index contributed by atoms with van der Waals surface area (Å²) >= 11 is 0. The van der Waals surface area contributed by atoms with Crippen LogP contribution < -0.4 is 15.2 Å². The molecule has 0 unspecified atom stereocenters. The van der Waals surface area contributed by atoms with Gasteiger partial charge in [-0.05, 0) is 31.0 Å². The first kappa shape index (κ1) is 15.8. The third kappa shape index (κ3) is 4.79. The maximum Gasteiger partial charge on any atom is 0.306 e. The lowest BCUT2D eigenvalue weighted by Gasteiger charge is -2.10. The second-order valence-corrected chi connectivity index (χ2v) is 4.26. The van der Waals surface area contributed by atoms with Crippen LogP contribution in [0.25, 0.3) is 0 Å². The highest BCUT2D eigenvalue weighted by Crippen LogP contribution is 2.23. The summed E-state index contributed by atoms with van der Waals surface area (Å²) in [5, 5.41) is 0. The molecule has 0 heterocycles. The Kier molecular flexibility index (Phi) is 5.83. The van der Waals surface area contributed by atoms with Crippen LogP contribution in [0.4, 0.5) is 0 Å². The fourth-order valence-electron chi connectivity index (χ4n) is 1.57. The van der Waals surface area contributed by atoms with Crippen LogP contribution in [0, 0.1) is 0 Å². The summed E-state index contributed by atoms with van der Waals surface area (Å²) in [6.45, 7) is 1.44. The van der Waals surface area contributed by atoms with E-state index in [1.54, 1.807) is 20.3 Å². The maximum absolute atomic E-state index is 11.5. The molecular weight excluding hydrogens is 262 g/mol. The Hall–Kier alpha value is -2.24. The van der Waals surface area contributed by atoms with Crippen molar-refractivity contribution < 1.29 is 23.8 Å². The van der Waals surface area contributed by atoms with Gasteiger partial charge in [-0.1, -0.05) is 0 Å². The van der Waals surface area contributed by atoms with Gasteiger partial charge >= 0.3 is 5.97 Å². The van der Waals surface area contributed by atoms with Crippen LogP contribution in [0.15, 0.2) is 18.2 Å². The van der Waals surface area contributed by atoms with Crippen molar-refractivity contribution in [1.82, 2.24) is 0 Å². The summed E-state index contributed by atoms with van der Waals surface area (Å²) in [6, 6.07) is 5.37. The smallest absolute Gasteiger partial charge is 0.306 e. The van der Waals surface area contributed by atoms with Gasteiger partial charge in [0, 0.05) is 12.5 Å². The summed E-state index contributed by atoms with van der Waals surface area (Å²) in [5.41, 5.74) is 5.90. The van der Waals surface area contributed by atoms with Crippen molar-refractivity contribution in [3.8, 4) is 11.5 Å². The molecule has 1 atom stereocenters. The molecule has 0 spiro atoms. The molecule has 0 saturated carbocycles. The van der Waals surface area contributed by atoms with Crippen LogP contribution in [0.1, 0.15) is 18.9 Å². The van der Waals surface area contributed by atoms with Crippen LogP contribution in [0.5, 0.6) is 11.5 Å². The summed E-state index contributed by atoms with van der Waals surface area (Å²) in [7, 11) is 3.11. The van der Waals surface area contributed by atoms with E-state index in [1.165, 1.54) is 6.92 Å². The molecule has 6 heteroatoms. The van der Waals surface area contributed by atoms with E-state index in [9.17, 15) is 9.59 Å². The number of benzene rings is 1. The average Bonchev–Trinajstić information content (AvgIpc) is 2.44. The van der Waals surface area contributed by atoms with Gasteiger partial charge in [0.15, 0.2) is 6.10 Å². The Morgan fingerprint density at radius 3 is 2.15 bits per heavy atom. The van der Waals surface area contributed by atoms with Crippen LogP contribution in [-0.4, -0.2) is 32.2 Å². The van der Waals surface area contributed by atoms with Crippen LogP contribution in [0.2, 0.25) is 0 Å². The number of methoxy groups -OCH3 is 2. The number of primary amides is 1. The number of carbonyl (C=O) groups is 2. The Balaban J connectivity index is 2.60. The standard InChI is InChI=1S/C14H19NO5/c1-9(14(15)17)20-13(16)5-4-10-6-11(18-2)8-12(7-10)19-3/h6-9H,4-5H2,1-3H3,(H2,15,17)/t9-/m1/s1. The second-order valence-electron chi connectivity index (χ2n) is 4.26. The SMILES string of the molecule is COc1cc(CCC(=O)O[C@H](C)C(N)=O)cc(OC)c1. The molecule has 0 aromatic heterocycles. The van der Waals surface area contributed by atoms with E-state index < -0.39 is 18.0 Å². The number of ether oxygens (including phenoxy) is 3. The quantitative estimate of drug-likeness (QED) is 0.755. The van der Waals surface area contributed by atoms with Crippen molar-refractivity contribution in [3.05, 3.63) is 23.8 Å². The number of amides is 1. The molecule has 0 radical (unpaired) electrons. The Bertz CT molecular complexity index is 464. The summed E-state index contributed by atoms with van der Waals surface area (Å²) < 4.78 is 15.2. The van der Waals surface area contributed by atoms with Crippen molar-refractivity contribution in [1.29, 1.82) is 0 Å². The lowest BCUT2D eigenvalue weighted by molar-refractivity contribution is -0.153. The zero-order valence-corrected chi connectivity index (χ0v) is 11.8. The van der Waals surface area contributed by atoms with Gasteiger partial charge in [-0.25, -0.2) is 0 Å². The lowest BCUT2D eigenvalue weighted by Crippen LogP contribution is -2.30. The van der Waals surface area contributed by atoms with Gasteiger partial charge in [0.05, 0.1) is 14.2 Å². The zero-order valence-electron chi connectivity index (χ0n) is 11.8. The van der Waals surface area contributed by atoms with Gasteiger partial charge in [-0.3, -0.25) is 9.59 Å². The third-order valence-corrected chi connectivity index (χ3v) is 2.74. The zero-order chi connectivity index (χ0) is 15.1. The number of carbonyl (C=O) groups excluding carboxylic acids is 2. The van der Waals surface area contributed by atoms with E-state index in [0.717, 1.165) is 5.56 Å². The first-order valence-electron chi connectivity index (χ1n) is 6.17. The molecule has 1 aromatic rings. The predicted molar refractivity (Wildman–Crippen MR) is 72.6 cm³/mol. The van der Waals surface area contributed by atoms with E-state index in [2.05, 4.69) is 0 Å². The number of esters is 1. The Labute approximate surface area is 117 Å². The van der Waals surface area contributed by atoms with E-state index in [-0.39, 0.29) is 6.42 Å². The average molecular weight is 281 g/mol. The third-order valence-electron chi connectivity index (χ3n) is 2.74. The first-order chi connectivity index (χ1) is 9.46. The first-order valence-corrected chi connectivity index (χ1v) is 6.17. The largest absolute Gasteiger partial charge is 0.497 e. The van der Waals surface area contributed by atoms with Gasteiger partial charge in [0.1, 0.15) is 11.5 Å². The molecule has 1 amide bonds. The number of hydrogen-bond donors (Lipinski definition) is 1. The number of rotatable bonds is 7. The van der Waals surface area contributed by atoms with Gasteiger partial charge in [0.2, 0.25) is 0 Å². The van der Waals surface area contributed by atoms with Gasteiger partial charge < -0.3 is 19.9 Å². The Morgan fingerprint density at radius 1 is 1.15 bits per heavy atom. The van der Waals surface area contributed by atoms with Crippen molar-refractivity contribution in [2.45, 2.75) is 25.9 Å². The summed E-state index contributed by atoms with van der Waals surface area (Å²) in [5.74, 6) is 0.163. The monoisotopic (exact) mass is 281 g/mol. The van der Waals surface area contributed by atoms with Gasteiger partial charge in [0.25, 0.3) is 5.91 Å². The molecule has 110 valence electrons. The molecule has 6 nitrogen and oxygen atoms in total. The fraction of sp³-hybridized carbons (Fsp3) is 0.429. The molecule has 0 saturated heterocycles.